The molecule has 1 aliphatic rings. The molecule has 0 saturated carbocycles. The first kappa shape index (κ1) is 25.9. The van der Waals surface area contributed by atoms with Gasteiger partial charge in [-0.3, -0.25) is 4.57 Å². The number of amides is 2. The molecule has 1 aliphatic heterocycles. The maximum Gasteiger partial charge on any atom is 0.416 e. The normalized spacial score (nSPS) is 22.1. The van der Waals surface area contributed by atoms with Gasteiger partial charge in [-0.25, -0.2) is 19.7 Å². The molecule has 2 aromatic heterocycles. The number of imidazole rings is 1. The van der Waals surface area contributed by atoms with Crippen LogP contribution in [0.25, 0.3) is 11.2 Å². The number of nitrogen functional groups attached to an aromatic ring is 1. The Labute approximate surface area is 207 Å². The van der Waals surface area contributed by atoms with Crippen molar-refractivity contribution in [1.29, 1.82) is 0 Å². The molecule has 2 amide bonds. The minimum Gasteiger partial charge on any atom is -0.387 e. The lowest BCUT2D eigenvalue weighted by Crippen LogP contribution is -2.32. The maximum absolute atomic E-state index is 12.6. The van der Waals surface area contributed by atoms with Crippen molar-refractivity contribution in [3.8, 4) is 0 Å². The van der Waals surface area contributed by atoms with Crippen molar-refractivity contribution >= 4 is 40.5 Å². The highest BCUT2D eigenvalue weighted by molar-refractivity contribution is 7.99. The summed E-state index contributed by atoms with van der Waals surface area (Å²) in [7, 11) is 0. The van der Waals surface area contributed by atoms with Crippen LogP contribution in [0.15, 0.2) is 36.9 Å². The van der Waals surface area contributed by atoms with Crippen LogP contribution >= 0.6 is 11.8 Å². The van der Waals surface area contributed by atoms with E-state index in [4.69, 9.17) is 10.5 Å². The van der Waals surface area contributed by atoms with Gasteiger partial charge in [-0.05, 0) is 36.4 Å². The summed E-state index contributed by atoms with van der Waals surface area (Å²) < 4.78 is 45.2. The van der Waals surface area contributed by atoms with Gasteiger partial charge in [-0.2, -0.15) is 24.9 Å². The van der Waals surface area contributed by atoms with Gasteiger partial charge in [-0.15, -0.1) is 0 Å². The summed E-state index contributed by atoms with van der Waals surface area (Å²) in [5, 5.41) is 26.0. The van der Waals surface area contributed by atoms with Crippen molar-refractivity contribution in [2.75, 3.05) is 29.1 Å². The zero-order valence-electron chi connectivity index (χ0n) is 18.7. The Balaban J connectivity index is 1.17. The zero-order chi connectivity index (χ0) is 25.9. The number of nitrogens with one attached hydrogen (secondary N) is 2. The molecule has 4 atom stereocenters. The van der Waals surface area contributed by atoms with Crippen LogP contribution in [-0.2, 0) is 10.9 Å². The quantitative estimate of drug-likeness (QED) is 0.276. The molecule has 0 unspecified atom stereocenters. The predicted molar refractivity (Wildman–Crippen MR) is 126 cm³/mol. The van der Waals surface area contributed by atoms with Crippen LogP contribution in [0, 0.1) is 0 Å². The third-order valence-electron chi connectivity index (χ3n) is 5.50. The second-order valence-corrected chi connectivity index (χ2v) is 9.16. The van der Waals surface area contributed by atoms with Gasteiger partial charge < -0.3 is 31.3 Å². The highest BCUT2D eigenvalue weighted by atomic mass is 32.2. The summed E-state index contributed by atoms with van der Waals surface area (Å²) in [4.78, 5) is 24.1. The first-order chi connectivity index (χ1) is 17.1. The number of rotatable bonds is 8. The number of alkyl halides is 3. The first-order valence-corrected chi connectivity index (χ1v) is 12.0. The maximum atomic E-state index is 12.6. The van der Waals surface area contributed by atoms with Crippen LogP contribution in [-0.4, -0.2) is 72.1 Å². The van der Waals surface area contributed by atoms with E-state index >= 15 is 0 Å². The Morgan fingerprint density at radius 2 is 1.92 bits per heavy atom. The number of hydrogen-bond donors (Lipinski definition) is 5. The largest absolute Gasteiger partial charge is 0.416 e. The van der Waals surface area contributed by atoms with E-state index in [2.05, 4.69) is 25.6 Å². The number of thioether (sulfide) groups is 1. The average Bonchev–Trinajstić information content (AvgIpc) is 3.38. The van der Waals surface area contributed by atoms with Gasteiger partial charge >= 0.3 is 12.2 Å². The number of urea groups is 1. The second-order valence-electron chi connectivity index (χ2n) is 8.01. The average molecular weight is 528 g/mol. The molecule has 6 N–H and O–H groups in total. The number of fused-ring (bicyclic) bond motifs is 1. The number of carbonyl (C=O) groups is 1. The summed E-state index contributed by atoms with van der Waals surface area (Å²) in [6.45, 7) is 0.334. The molecular weight excluding hydrogens is 503 g/mol. The molecule has 194 valence electrons. The number of aromatic nitrogens is 4. The number of anilines is 2. The molecule has 15 heteroatoms. The Hall–Kier alpha value is -3.14. The SMILES string of the molecule is Nc1ncnc2c1ncn2[C@@H]1O[C@H](CSCCCNC(=O)Nc2ccc(C(F)(F)F)cc2)[C@@H](O)[C@H]1O. The number of aliphatic hydroxyl groups is 2. The van der Waals surface area contributed by atoms with E-state index in [9.17, 15) is 28.2 Å². The highest BCUT2D eigenvalue weighted by Gasteiger charge is 2.44. The summed E-state index contributed by atoms with van der Waals surface area (Å²) in [6, 6.07) is 3.62. The van der Waals surface area contributed by atoms with E-state index in [0.29, 0.717) is 35.6 Å². The van der Waals surface area contributed by atoms with E-state index in [0.717, 1.165) is 12.1 Å². The first-order valence-electron chi connectivity index (χ1n) is 10.9. The van der Waals surface area contributed by atoms with E-state index in [1.807, 2.05) is 0 Å². The minimum absolute atomic E-state index is 0.195. The van der Waals surface area contributed by atoms with Gasteiger partial charge in [0, 0.05) is 18.0 Å². The molecule has 36 heavy (non-hydrogen) atoms. The molecule has 0 radical (unpaired) electrons. The zero-order valence-corrected chi connectivity index (χ0v) is 19.5. The minimum atomic E-state index is -4.44. The van der Waals surface area contributed by atoms with Crippen LogP contribution in [0.4, 0.5) is 29.5 Å². The summed E-state index contributed by atoms with van der Waals surface area (Å²) >= 11 is 1.48. The number of nitrogens with zero attached hydrogens (tertiary/aromatic N) is 4. The molecule has 0 bridgehead atoms. The van der Waals surface area contributed by atoms with Crippen molar-refractivity contribution in [3.63, 3.8) is 0 Å². The van der Waals surface area contributed by atoms with Gasteiger partial charge in [0.1, 0.15) is 24.1 Å². The van der Waals surface area contributed by atoms with Crippen LogP contribution in [0.5, 0.6) is 0 Å². The van der Waals surface area contributed by atoms with Crippen molar-refractivity contribution in [2.45, 2.75) is 37.1 Å². The molecule has 11 nitrogen and oxygen atoms in total. The fourth-order valence-corrected chi connectivity index (χ4v) is 4.67. The van der Waals surface area contributed by atoms with Crippen molar-refractivity contribution in [1.82, 2.24) is 24.8 Å². The van der Waals surface area contributed by atoms with Crippen molar-refractivity contribution in [2.24, 2.45) is 0 Å². The third kappa shape index (κ3) is 5.80. The Morgan fingerprint density at radius 1 is 1.17 bits per heavy atom. The van der Waals surface area contributed by atoms with Crippen molar-refractivity contribution in [3.05, 3.63) is 42.5 Å². The number of halogens is 3. The van der Waals surface area contributed by atoms with Gasteiger partial charge in [0.05, 0.1) is 18.0 Å². The molecule has 0 spiro atoms. The smallest absolute Gasteiger partial charge is 0.387 e. The Bertz CT molecular complexity index is 1190. The lowest BCUT2D eigenvalue weighted by atomic mass is 10.1. The highest BCUT2D eigenvalue weighted by Crippen LogP contribution is 2.33. The van der Waals surface area contributed by atoms with Crippen molar-refractivity contribution < 1.29 is 32.9 Å². The van der Waals surface area contributed by atoms with E-state index in [-0.39, 0.29) is 11.5 Å². The molecule has 0 aliphatic carbocycles. The Kier molecular flexibility index (Phi) is 7.82. The summed E-state index contributed by atoms with van der Waals surface area (Å²) in [5.41, 5.74) is 5.99. The topological polar surface area (TPSA) is 160 Å². The van der Waals surface area contributed by atoms with Crippen LogP contribution in [0.1, 0.15) is 18.2 Å². The van der Waals surface area contributed by atoms with E-state index in [1.165, 1.54) is 41.1 Å². The van der Waals surface area contributed by atoms with Crippen LogP contribution in [0.3, 0.4) is 0 Å². The third-order valence-corrected chi connectivity index (χ3v) is 6.64. The van der Waals surface area contributed by atoms with E-state index < -0.39 is 42.3 Å². The van der Waals surface area contributed by atoms with E-state index in [1.54, 1.807) is 0 Å². The number of carbonyl (C=O) groups excluding carboxylic acids is 1. The lowest BCUT2D eigenvalue weighted by Gasteiger charge is -2.16. The molecule has 4 rings (SSSR count). The molecule has 1 fully saturated rings. The fraction of sp³-hybridized carbons (Fsp3) is 0.429. The fourth-order valence-electron chi connectivity index (χ4n) is 3.65. The predicted octanol–water partition coefficient (Wildman–Crippen LogP) is 1.99. The monoisotopic (exact) mass is 527 g/mol. The Morgan fingerprint density at radius 3 is 2.64 bits per heavy atom. The number of ether oxygens (including phenoxy) is 1. The van der Waals surface area contributed by atoms with Gasteiger partial charge in [0.15, 0.2) is 17.7 Å². The number of benzene rings is 1. The number of nitrogens with two attached hydrogens (primary N) is 1. The molecule has 3 aromatic rings. The molecule has 1 saturated heterocycles. The standard InChI is InChI=1S/C21H24F3N7O4S/c22-21(23,24)11-2-4-12(5-3-11)30-20(34)26-6-1-7-36-8-13-15(32)16(33)19(35-13)31-10-29-14-17(25)27-9-28-18(14)31/h2-5,9-10,13,15-16,19,32-33H,1,6-8H2,(H2,25,27,28)(H2,26,30,34)/t13-,15-,16-,19-/m1/s1. The van der Waals surface area contributed by atoms with Gasteiger partial charge in [-0.1, -0.05) is 0 Å². The van der Waals surface area contributed by atoms with Crippen LogP contribution in [0.2, 0.25) is 0 Å². The van der Waals surface area contributed by atoms with Gasteiger partial charge in [0.2, 0.25) is 0 Å². The summed E-state index contributed by atoms with van der Waals surface area (Å²) in [6.07, 6.45) is -4.97. The molecular formula is C21H24F3N7O4S. The number of aliphatic hydroxyl groups excluding tert-OH is 2. The lowest BCUT2D eigenvalue weighted by molar-refractivity contribution is -0.137. The van der Waals surface area contributed by atoms with Gasteiger partial charge in [0.25, 0.3) is 0 Å². The second kappa shape index (κ2) is 10.9. The number of hydrogen-bond acceptors (Lipinski definition) is 9. The summed E-state index contributed by atoms with van der Waals surface area (Å²) in [5.74, 6) is 1.22. The molecule has 1 aromatic carbocycles. The molecule has 3 heterocycles. The van der Waals surface area contributed by atoms with Crippen LogP contribution < -0.4 is 16.4 Å².